The van der Waals surface area contributed by atoms with Crippen LogP contribution in [0.2, 0.25) is 0 Å². The molecule has 0 heterocycles. The van der Waals surface area contributed by atoms with Gasteiger partial charge in [0.1, 0.15) is 0 Å². The number of carboxylic acids is 1. The first-order valence-electron chi connectivity index (χ1n) is 4.19. The third-order valence-electron chi connectivity index (χ3n) is 1.99. The molecule has 0 bridgehead atoms. The van der Waals surface area contributed by atoms with Crippen molar-refractivity contribution >= 4 is 12.3 Å². The van der Waals surface area contributed by atoms with Crippen molar-refractivity contribution in [1.29, 1.82) is 0 Å². The van der Waals surface area contributed by atoms with Gasteiger partial charge in [-0.1, -0.05) is 0 Å². The Bertz CT molecular complexity index is 441. The Morgan fingerprint density at radius 1 is 1.44 bits per heavy atom. The van der Waals surface area contributed by atoms with Crippen LogP contribution in [0.15, 0.2) is 6.07 Å². The lowest BCUT2D eigenvalue weighted by molar-refractivity contribution is 0.0691. The van der Waals surface area contributed by atoms with E-state index in [4.69, 9.17) is 14.6 Å². The van der Waals surface area contributed by atoms with Gasteiger partial charge >= 0.3 is 5.97 Å². The van der Waals surface area contributed by atoms with Crippen molar-refractivity contribution in [2.75, 3.05) is 14.2 Å². The van der Waals surface area contributed by atoms with Crippen molar-refractivity contribution in [2.24, 2.45) is 0 Å². The Hall–Kier alpha value is -2.11. The average molecular weight is 228 g/mol. The van der Waals surface area contributed by atoms with E-state index in [2.05, 4.69) is 0 Å². The van der Waals surface area contributed by atoms with Crippen LogP contribution in [-0.2, 0) is 0 Å². The van der Waals surface area contributed by atoms with Crippen LogP contribution in [-0.4, -0.2) is 31.6 Å². The second kappa shape index (κ2) is 4.61. The molecule has 1 rings (SSSR count). The smallest absolute Gasteiger partial charge is 0.338 e. The highest BCUT2D eigenvalue weighted by Gasteiger charge is 2.22. The SMILES string of the molecule is COc1cc(C(=O)O)c(F)c(C=O)c1OC. The summed E-state index contributed by atoms with van der Waals surface area (Å²) in [5, 5.41) is 8.72. The number of hydrogen-bond donors (Lipinski definition) is 1. The number of hydrogen-bond acceptors (Lipinski definition) is 4. The quantitative estimate of drug-likeness (QED) is 0.787. The Kier molecular flexibility index (Phi) is 3.44. The van der Waals surface area contributed by atoms with Gasteiger partial charge in [-0.3, -0.25) is 4.79 Å². The number of aldehydes is 1. The summed E-state index contributed by atoms with van der Waals surface area (Å²) in [4.78, 5) is 21.4. The highest BCUT2D eigenvalue weighted by atomic mass is 19.1. The van der Waals surface area contributed by atoms with E-state index < -0.39 is 22.9 Å². The number of carbonyl (C=O) groups excluding carboxylic acids is 1. The molecule has 0 aliphatic rings. The van der Waals surface area contributed by atoms with Crippen molar-refractivity contribution in [1.82, 2.24) is 0 Å². The maximum absolute atomic E-state index is 13.5. The molecule has 1 N–H and O–H groups in total. The van der Waals surface area contributed by atoms with Crippen molar-refractivity contribution in [3.63, 3.8) is 0 Å². The largest absolute Gasteiger partial charge is 0.493 e. The van der Waals surface area contributed by atoms with Gasteiger partial charge in [0.15, 0.2) is 23.6 Å². The number of ether oxygens (including phenoxy) is 2. The van der Waals surface area contributed by atoms with Gasteiger partial charge in [-0.2, -0.15) is 0 Å². The van der Waals surface area contributed by atoms with Crippen LogP contribution in [0, 0.1) is 5.82 Å². The van der Waals surface area contributed by atoms with Gasteiger partial charge in [-0.25, -0.2) is 9.18 Å². The number of methoxy groups -OCH3 is 2. The summed E-state index contributed by atoms with van der Waals surface area (Å²) in [6.07, 6.45) is 0.184. The minimum atomic E-state index is -1.48. The first-order chi connectivity index (χ1) is 7.56. The van der Waals surface area contributed by atoms with E-state index in [0.717, 1.165) is 6.07 Å². The fraction of sp³-hybridized carbons (Fsp3) is 0.200. The van der Waals surface area contributed by atoms with Crippen molar-refractivity contribution in [3.8, 4) is 11.5 Å². The maximum Gasteiger partial charge on any atom is 0.338 e. The van der Waals surface area contributed by atoms with E-state index in [1.165, 1.54) is 14.2 Å². The number of aromatic carboxylic acids is 1. The fourth-order valence-electron chi connectivity index (χ4n) is 1.26. The summed E-state index contributed by atoms with van der Waals surface area (Å²) >= 11 is 0. The molecule has 0 fully saturated rings. The highest BCUT2D eigenvalue weighted by Crippen LogP contribution is 2.34. The Morgan fingerprint density at radius 3 is 2.44 bits per heavy atom. The lowest BCUT2D eigenvalue weighted by Gasteiger charge is -2.11. The molecule has 5 nitrogen and oxygen atoms in total. The first kappa shape index (κ1) is 12.0. The van der Waals surface area contributed by atoms with E-state index in [1.54, 1.807) is 0 Å². The summed E-state index contributed by atoms with van der Waals surface area (Å²) < 4.78 is 23.1. The first-order valence-corrected chi connectivity index (χ1v) is 4.19. The van der Waals surface area contributed by atoms with Crippen LogP contribution >= 0.6 is 0 Å². The van der Waals surface area contributed by atoms with Crippen LogP contribution in [0.3, 0.4) is 0 Å². The zero-order valence-corrected chi connectivity index (χ0v) is 8.61. The minimum Gasteiger partial charge on any atom is -0.493 e. The predicted octanol–water partition coefficient (Wildman–Crippen LogP) is 1.35. The highest BCUT2D eigenvalue weighted by molar-refractivity contribution is 5.93. The fourth-order valence-corrected chi connectivity index (χ4v) is 1.26. The summed E-state index contributed by atoms with van der Waals surface area (Å²) in [5.74, 6) is -2.76. The molecular weight excluding hydrogens is 219 g/mol. The molecule has 16 heavy (non-hydrogen) atoms. The van der Waals surface area contributed by atoms with Crippen LogP contribution < -0.4 is 9.47 Å². The lowest BCUT2D eigenvalue weighted by atomic mass is 10.1. The summed E-state index contributed by atoms with van der Waals surface area (Å²) in [6.45, 7) is 0. The van der Waals surface area contributed by atoms with Gasteiger partial charge in [-0.15, -0.1) is 0 Å². The normalized spacial score (nSPS) is 9.69. The third kappa shape index (κ3) is 1.81. The average Bonchev–Trinajstić information content (AvgIpc) is 2.27. The molecule has 1 aromatic rings. The van der Waals surface area contributed by atoms with Gasteiger partial charge in [0.2, 0.25) is 0 Å². The van der Waals surface area contributed by atoms with Crippen molar-refractivity contribution in [2.45, 2.75) is 0 Å². The summed E-state index contributed by atoms with van der Waals surface area (Å²) in [6, 6.07) is 0.962. The number of carboxylic acid groups (broad SMARTS) is 1. The minimum absolute atomic E-state index is 0.0107. The maximum atomic E-state index is 13.5. The van der Waals surface area contributed by atoms with Crippen LogP contribution in [0.4, 0.5) is 4.39 Å². The van der Waals surface area contributed by atoms with Crippen molar-refractivity contribution in [3.05, 3.63) is 23.0 Å². The number of rotatable bonds is 4. The van der Waals surface area contributed by atoms with E-state index in [9.17, 15) is 14.0 Å². The van der Waals surface area contributed by atoms with E-state index in [1.807, 2.05) is 0 Å². The monoisotopic (exact) mass is 228 g/mol. The second-order valence-electron chi connectivity index (χ2n) is 2.81. The number of benzene rings is 1. The topological polar surface area (TPSA) is 72.8 Å². The van der Waals surface area contributed by atoms with Gasteiger partial charge in [0.05, 0.1) is 25.3 Å². The summed E-state index contributed by atoms with van der Waals surface area (Å²) in [7, 11) is 2.49. The molecule has 0 aliphatic carbocycles. The molecular formula is C10H9FO5. The van der Waals surface area contributed by atoms with Gasteiger partial charge in [-0.05, 0) is 0 Å². The van der Waals surface area contributed by atoms with Gasteiger partial charge in [0, 0.05) is 6.07 Å². The van der Waals surface area contributed by atoms with Crippen LogP contribution in [0.25, 0.3) is 0 Å². The van der Waals surface area contributed by atoms with Crippen LogP contribution in [0.1, 0.15) is 20.7 Å². The molecule has 1 aromatic carbocycles. The third-order valence-corrected chi connectivity index (χ3v) is 1.99. The molecule has 0 aromatic heterocycles. The predicted molar refractivity (Wildman–Crippen MR) is 51.9 cm³/mol. The van der Waals surface area contributed by atoms with Gasteiger partial charge < -0.3 is 14.6 Å². The molecule has 0 aliphatic heterocycles. The van der Waals surface area contributed by atoms with Gasteiger partial charge in [0.25, 0.3) is 0 Å². The molecule has 0 saturated carbocycles. The molecule has 6 heteroatoms. The molecule has 0 amide bonds. The summed E-state index contributed by atoms with van der Waals surface area (Å²) in [5.41, 5.74) is -1.11. The van der Waals surface area contributed by atoms with E-state index in [-0.39, 0.29) is 17.8 Å². The zero-order valence-electron chi connectivity index (χ0n) is 8.61. The lowest BCUT2D eigenvalue weighted by Crippen LogP contribution is -2.07. The number of halogens is 1. The van der Waals surface area contributed by atoms with Crippen molar-refractivity contribution < 1.29 is 28.6 Å². The Balaban J connectivity index is 3.61. The Morgan fingerprint density at radius 2 is 2.06 bits per heavy atom. The molecule has 0 saturated heterocycles. The number of carbonyl (C=O) groups is 2. The van der Waals surface area contributed by atoms with E-state index >= 15 is 0 Å². The zero-order chi connectivity index (χ0) is 12.3. The standard InChI is InChI=1S/C10H9FO5/c1-15-7-3-5(10(13)14)8(11)6(4-12)9(7)16-2/h3-4H,1-2H3,(H,13,14). The molecule has 0 unspecified atom stereocenters. The molecule has 0 radical (unpaired) electrons. The second-order valence-corrected chi connectivity index (χ2v) is 2.81. The molecule has 86 valence electrons. The molecule has 0 atom stereocenters. The molecule has 0 spiro atoms. The van der Waals surface area contributed by atoms with E-state index in [0.29, 0.717) is 0 Å². The van der Waals surface area contributed by atoms with Crippen LogP contribution in [0.5, 0.6) is 11.5 Å². The Labute approximate surface area is 90.4 Å².